The van der Waals surface area contributed by atoms with Gasteiger partial charge in [-0.25, -0.2) is 0 Å². The zero-order valence-corrected chi connectivity index (χ0v) is 9.28. The quantitative estimate of drug-likeness (QED) is 0.829. The second-order valence-electron chi connectivity index (χ2n) is 4.01. The molecule has 2 atom stereocenters. The van der Waals surface area contributed by atoms with Crippen LogP contribution in [0.5, 0.6) is 0 Å². The van der Waals surface area contributed by atoms with Gasteiger partial charge in [0.2, 0.25) is 5.89 Å². The van der Waals surface area contributed by atoms with Crippen LogP contribution >= 0.6 is 0 Å². The van der Waals surface area contributed by atoms with Crippen LogP contribution in [0.1, 0.15) is 24.2 Å². The van der Waals surface area contributed by atoms with Gasteiger partial charge < -0.3 is 19.7 Å². The maximum atomic E-state index is 11.8. The van der Waals surface area contributed by atoms with Crippen molar-refractivity contribution in [2.45, 2.75) is 31.3 Å². The number of hydrogen-bond acceptors (Lipinski definition) is 6. The molecule has 0 amide bonds. The molecule has 2 heterocycles. The molecular formula is C9H12F3N3O3. The maximum Gasteiger partial charge on any atom is 0.411 e. The molecule has 1 aliphatic heterocycles. The largest absolute Gasteiger partial charge is 0.411 e. The van der Waals surface area contributed by atoms with E-state index in [1.54, 1.807) is 0 Å². The molecular weight excluding hydrogens is 255 g/mol. The van der Waals surface area contributed by atoms with Gasteiger partial charge in [-0.05, 0) is 6.42 Å². The van der Waals surface area contributed by atoms with Crippen molar-refractivity contribution in [3.63, 3.8) is 0 Å². The molecule has 0 radical (unpaired) electrons. The third-order valence-corrected chi connectivity index (χ3v) is 2.39. The Morgan fingerprint density at radius 3 is 2.89 bits per heavy atom. The van der Waals surface area contributed by atoms with Gasteiger partial charge in [-0.2, -0.15) is 18.2 Å². The van der Waals surface area contributed by atoms with Gasteiger partial charge in [0.15, 0.2) is 5.82 Å². The van der Waals surface area contributed by atoms with Crippen LogP contribution in [0.25, 0.3) is 0 Å². The van der Waals surface area contributed by atoms with E-state index in [1.165, 1.54) is 0 Å². The number of aliphatic hydroxyl groups is 1. The van der Waals surface area contributed by atoms with E-state index in [4.69, 9.17) is 4.52 Å². The fourth-order valence-corrected chi connectivity index (χ4v) is 1.63. The lowest BCUT2D eigenvalue weighted by atomic mass is 10.2. The van der Waals surface area contributed by atoms with E-state index in [0.717, 1.165) is 0 Å². The Kier molecular flexibility index (Phi) is 3.83. The van der Waals surface area contributed by atoms with E-state index in [2.05, 4.69) is 20.2 Å². The Balaban J connectivity index is 1.83. The fourth-order valence-electron chi connectivity index (χ4n) is 1.63. The predicted molar refractivity (Wildman–Crippen MR) is 51.4 cm³/mol. The van der Waals surface area contributed by atoms with Crippen LogP contribution < -0.4 is 5.32 Å². The summed E-state index contributed by atoms with van der Waals surface area (Å²) >= 11 is 0. The van der Waals surface area contributed by atoms with Gasteiger partial charge in [0, 0.05) is 6.54 Å². The smallest absolute Gasteiger partial charge is 0.392 e. The second-order valence-corrected chi connectivity index (χ2v) is 4.01. The van der Waals surface area contributed by atoms with Crippen molar-refractivity contribution in [1.29, 1.82) is 0 Å². The summed E-state index contributed by atoms with van der Waals surface area (Å²) in [4.78, 5) is 3.90. The van der Waals surface area contributed by atoms with Gasteiger partial charge in [0.05, 0.1) is 12.1 Å². The molecule has 1 aromatic rings. The summed E-state index contributed by atoms with van der Waals surface area (Å²) < 4.78 is 44.8. The average Bonchev–Trinajstić information content (AvgIpc) is 2.85. The number of aromatic nitrogens is 2. The topological polar surface area (TPSA) is 80.4 Å². The van der Waals surface area contributed by atoms with Gasteiger partial charge in [0.25, 0.3) is 0 Å². The Morgan fingerprint density at radius 1 is 1.50 bits per heavy atom. The summed E-state index contributed by atoms with van der Waals surface area (Å²) in [5.41, 5.74) is 0. The number of rotatable bonds is 4. The summed E-state index contributed by atoms with van der Waals surface area (Å²) in [5.74, 6) is 0.301. The van der Waals surface area contributed by atoms with Gasteiger partial charge in [-0.15, -0.1) is 0 Å². The molecule has 1 saturated heterocycles. The minimum atomic E-state index is -4.37. The monoisotopic (exact) mass is 267 g/mol. The summed E-state index contributed by atoms with van der Waals surface area (Å²) in [7, 11) is 0. The number of ether oxygens (including phenoxy) is 1. The van der Waals surface area contributed by atoms with E-state index >= 15 is 0 Å². The molecule has 18 heavy (non-hydrogen) atoms. The number of nitrogens with zero attached hydrogens (tertiary/aromatic N) is 2. The molecule has 2 N–H and O–H groups in total. The summed E-state index contributed by atoms with van der Waals surface area (Å²) in [6.07, 6.45) is -4.42. The zero-order chi connectivity index (χ0) is 13.2. The molecule has 1 aliphatic rings. The maximum absolute atomic E-state index is 11.8. The lowest BCUT2D eigenvalue weighted by molar-refractivity contribution is -0.177. The third-order valence-electron chi connectivity index (χ3n) is 2.39. The van der Waals surface area contributed by atoms with Crippen LogP contribution in [-0.2, 0) is 11.3 Å². The first kappa shape index (κ1) is 13.2. The molecule has 102 valence electrons. The van der Waals surface area contributed by atoms with Gasteiger partial charge in [-0.1, -0.05) is 5.16 Å². The van der Waals surface area contributed by atoms with E-state index in [0.29, 0.717) is 13.0 Å². The Bertz CT molecular complexity index is 396. The van der Waals surface area contributed by atoms with Crippen LogP contribution in [-0.4, -0.2) is 40.7 Å². The SMILES string of the molecule is O[C@@H]1CN[C@H](c2nc(COCC(F)(F)F)no2)C1. The number of nitrogens with one attached hydrogen (secondary N) is 1. The zero-order valence-electron chi connectivity index (χ0n) is 9.28. The van der Waals surface area contributed by atoms with Crippen molar-refractivity contribution >= 4 is 0 Å². The molecule has 1 fully saturated rings. The van der Waals surface area contributed by atoms with E-state index in [9.17, 15) is 18.3 Å². The van der Waals surface area contributed by atoms with Crippen LogP contribution in [0.4, 0.5) is 13.2 Å². The van der Waals surface area contributed by atoms with Crippen molar-refractivity contribution in [3.8, 4) is 0 Å². The van der Waals surface area contributed by atoms with Crippen molar-refractivity contribution in [2.75, 3.05) is 13.2 Å². The van der Waals surface area contributed by atoms with Crippen molar-refractivity contribution < 1.29 is 27.5 Å². The first-order chi connectivity index (χ1) is 8.44. The number of alkyl halides is 3. The molecule has 1 aromatic heterocycles. The molecule has 0 bridgehead atoms. The highest BCUT2D eigenvalue weighted by Gasteiger charge is 2.29. The highest BCUT2D eigenvalue weighted by atomic mass is 19.4. The van der Waals surface area contributed by atoms with Crippen molar-refractivity contribution in [3.05, 3.63) is 11.7 Å². The standard InChI is InChI=1S/C9H12F3N3O3/c10-9(11,12)4-17-3-7-14-8(18-15-7)6-1-5(16)2-13-6/h5-6,13,16H,1-4H2/t5-,6-/m0/s1. The number of β-amino-alcohol motifs (C(OH)–C–C–N with tert-alkyl or cyclic N) is 1. The van der Waals surface area contributed by atoms with Gasteiger partial charge >= 0.3 is 6.18 Å². The first-order valence-electron chi connectivity index (χ1n) is 5.32. The first-order valence-corrected chi connectivity index (χ1v) is 5.32. The van der Waals surface area contributed by atoms with Crippen LogP contribution in [0, 0.1) is 0 Å². The lowest BCUT2D eigenvalue weighted by Gasteiger charge is -2.04. The highest BCUT2D eigenvalue weighted by Crippen LogP contribution is 2.22. The Morgan fingerprint density at radius 2 is 2.28 bits per heavy atom. The summed E-state index contributed by atoms with van der Waals surface area (Å²) in [5, 5.41) is 15.8. The Labute approximate surface area is 100 Å². The minimum absolute atomic E-state index is 0.0532. The molecule has 6 nitrogen and oxygen atoms in total. The number of aliphatic hydroxyl groups excluding tert-OH is 1. The summed E-state index contributed by atoms with van der Waals surface area (Å²) in [6, 6.07) is -0.260. The minimum Gasteiger partial charge on any atom is -0.392 e. The molecule has 0 aromatic carbocycles. The number of hydrogen-bond donors (Lipinski definition) is 2. The summed E-state index contributed by atoms with van der Waals surface area (Å²) in [6.45, 7) is -1.29. The van der Waals surface area contributed by atoms with E-state index in [-0.39, 0.29) is 24.4 Å². The normalized spacial score (nSPS) is 24.7. The lowest BCUT2D eigenvalue weighted by Crippen LogP contribution is -2.17. The third kappa shape index (κ3) is 3.65. The predicted octanol–water partition coefficient (Wildman–Crippen LogP) is 0.544. The average molecular weight is 267 g/mol. The molecule has 0 spiro atoms. The van der Waals surface area contributed by atoms with Crippen LogP contribution in [0.2, 0.25) is 0 Å². The number of halogens is 3. The highest BCUT2D eigenvalue weighted by molar-refractivity contribution is 4.96. The second kappa shape index (κ2) is 5.21. The van der Waals surface area contributed by atoms with E-state index in [1.807, 2.05) is 0 Å². The molecule has 0 aliphatic carbocycles. The van der Waals surface area contributed by atoms with Crippen LogP contribution in [0.15, 0.2) is 4.52 Å². The van der Waals surface area contributed by atoms with Crippen LogP contribution in [0.3, 0.4) is 0 Å². The molecule has 0 saturated carbocycles. The molecule has 9 heteroatoms. The molecule has 2 rings (SSSR count). The van der Waals surface area contributed by atoms with Crippen molar-refractivity contribution in [2.24, 2.45) is 0 Å². The van der Waals surface area contributed by atoms with Crippen molar-refractivity contribution in [1.82, 2.24) is 15.5 Å². The van der Waals surface area contributed by atoms with Gasteiger partial charge in [0.1, 0.15) is 13.2 Å². The van der Waals surface area contributed by atoms with E-state index < -0.39 is 18.9 Å². The molecule has 0 unspecified atom stereocenters. The van der Waals surface area contributed by atoms with Gasteiger partial charge in [-0.3, -0.25) is 0 Å². The Hall–Kier alpha value is -1.19. The fraction of sp³-hybridized carbons (Fsp3) is 0.778.